The minimum absolute atomic E-state index is 0.0379. The van der Waals surface area contributed by atoms with E-state index >= 15 is 0 Å². The molecule has 0 N–H and O–H groups in total. The number of benzene rings is 4. The third-order valence-electron chi connectivity index (χ3n) is 8.06. The number of carbonyl (C=O) groups excluding carboxylic acids is 1. The van der Waals surface area contributed by atoms with Crippen molar-refractivity contribution >= 4 is 52.1 Å². The van der Waals surface area contributed by atoms with Crippen molar-refractivity contribution in [1.29, 1.82) is 5.26 Å². The molecule has 1 aliphatic heterocycles. The fourth-order valence-electron chi connectivity index (χ4n) is 5.83. The summed E-state index contributed by atoms with van der Waals surface area (Å²) < 4.78 is 2.04. The van der Waals surface area contributed by atoms with E-state index in [9.17, 15) is 14.9 Å². The van der Waals surface area contributed by atoms with Gasteiger partial charge < -0.3 is 4.90 Å². The summed E-state index contributed by atoms with van der Waals surface area (Å²) in [5.41, 5.74) is 4.24. The van der Waals surface area contributed by atoms with Gasteiger partial charge in [-0.25, -0.2) is 0 Å². The number of thiazole rings is 1. The molecular formula is C37H30Cl2N4O2S. The van der Waals surface area contributed by atoms with Crippen LogP contribution in [0.2, 0.25) is 10.0 Å². The summed E-state index contributed by atoms with van der Waals surface area (Å²) in [4.78, 5) is 32.0. The summed E-state index contributed by atoms with van der Waals surface area (Å²) >= 11 is 13.6. The number of aryl methyl sites for hydroxylation is 1. The van der Waals surface area contributed by atoms with Gasteiger partial charge in [0.1, 0.15) is 10.7 Å². The molecule has 6 rings (SSSR count). The van der Waals surface area contributed by atoms with Crippen molar-refractivity contribution in [3.63, 3.8) is 0 Å². The zero-order valence-electron chi connectivity index (χ0n) is 25.1. The average molecular weight is 666 g/mol. The molecule has 9 heteroatoms. The minimum Gasteiger partial charge on any atom is -0.335 e. The highest BCUT2D eigenvalue weighted by Gasteiger charge is 2.30. The summed E-state index contributed by atoms with van der Waals surface area (Å²) in [7, 11) is 0. The number of nitrogens with zero attached hydrogens (tertiary/aromatic N) is 4. The van der Waals surface area contributed by atoms with Crippen LogP contribution in [0.5, 0.6) is 0 Å². The number of piperazine rings is 1. The molecule has 0 aliphatic carbocycles. The van der Waals surface area contributed by atoms with Gasteiger partial charge in [-0.2, -0.15) is 5.26 Å². The fraction of sp³-hybridized carbons (Fsp3) is 0.162. The number of amides is 1. The van der Waals surface area contributed by atoms with Crippen LogP contribution in [0, 0.1) is 18.3 Å². The lowest BCUT2D eigenvalue weighted by Gasteiger charge is -2.39. The first-order valence-corrected chi connectivity index (χ1v) is 16.4. The Bertz CT molecular complexity index is 2070. The molecule has 1 aliphatic rings. The molecule has 0 spiro atoms. The van der Waals surface area contributed by atoms with E-state index in [1.807, 2.05) is 67.6 Å². The lowest BCUT2D eigenvalue weighted by Crippen LogP contribution is -2.50. The van der Waals surface area contributed by atoms with E-state index in [4.69, 9.17) is 23.2 Å². The van der Waals surface area contributed by atoms with E-state index in [1.165, 1.54) is 15.7 Å². The Kier molecular flexibility index (Phi) is 9.53. The second kappa shape index (κ2) is 13.9. The standard InChI is InChI=1S/C37H30Cl2N4O2S/c1-25-9-8-10-26(21-25)22-33-36(45)43(29-15-16-31(38)32(39)23-29)37(46-33)30(24-40)35(44)42-19-17-41(18-20-42)34(27-11-4-2-5-12-27)28-13-6-3-7-14-28/h2-16,21-23,34H,17-20H2,1H3/b33-22+,37-30+. The normalized spacial score (nSPS) is 14.8. The number of halogens is 2. The summed E-state index contributed by atoms with van der Waals surface area (Å²) in [6.45, 7) is 4.09. The number of rotatable bonds is 6. The summed E-state index contributed by atoms with van der Waals surface area (Å²) in [5, 5.41) is 11.0. The molecule has 230 valence electrons. The number of hydrogen-bond acceptors (Lipinski definition) is 5. The van der Waals surface area contributed by atoms with Gasteiger partial charge in [0.2, 0.25) is 0 Å². The zero-order chi connectivity index (χ0) is 32.2. The largest absolute Gasteiger partial charge is 0.335 e. The Morgan fingerprint density at radius 2 is 1.50 bits per heavy atom. The number of aromatic nitrogens is 1. The van der Waals surface area contributed by atoms with Crippen molar-refractivity contribution in [2.24, 2.45) is 0 Å². The minimum atomic E-state index is -0.407. The van der Waals surface area contributed by atoms with Crippen LogP contribution in [0.4, 0.5) is 0 Å². The molecular weight excluding hydrogens is 635 g/mol. The molecule has 1 saturated heterocycles. The van der Waals surface area contributed by atoms with E-state index < -0.39 is 5.91 Å². The second-order valence-corrected chi connectivity index (χ2v) is 13.0. The predicted molar refractivity (Wildman–Crippen MR) is 186 cm³/mol. The third kappa shape index (κ3) is 6.57. The summed E-state index contributed by atoms with van der Waals surface area (Å²) in [6, 6.07) is 35.5. The quantitative estimate of drug-likeness (QED) is 0.225. The molecule has 0 saturated carbocycles. The Hall–Kier alpha value is -4.45. The Balaban J connectivity index is 1.38. The second-order valence-electron chi connectivity index (χ2n) is 11.1. The van der Waals surface area contributed by atoms with Crippen molar-refractivity contribution in [3.05, 3.63) is 155 Å². The lowest BCUT2D eigenvalue weighted by molar-refractivity contribution is -0.126. The van der Waals surface area contributed by atoms with Crippen LogP contribution in [0.15, 0.2) is 108 Å². The van der Waals surface area contributed by atoms with Gasteiger partial charge in [-0.15, -0.1) is 11.3 Å². The molecule has 6 nitrogen and oxygen atoms in total. The van der Waals surface area contributed by atoms with Crippen LogP contribution in [-0.2, 0) is 4.79 Å². The maximum absolute atomic E-state index is 14.1. The molecule has 1 aromatic heterocycles. The Morgan fingerprint density at radius 1 is 0.848 bits per heavy atom. The molecule has 0 atom stereocenters. The molecule has 4 aromatic carbocycles. The van der Waals surface area contributed by atoms with Gasteiger partial charge >= 0.3 is 0 Å². The lowest BCUT2D eigenvalue weighted by atomic mass is 9.96. The fourth-order valence-corrected chi connectivity index (χ4v) is 7.22. The maximum Gasteiger partial charge on any atom is 0.273 e. The molecule has 2 heterocycles. The van der Waals surface area contributed by atoms with Crippen LogP contribution in [-0.4, -0.2) is 46.5 Å². The van der Waals surface area contributed by atoms with Crippen molar-refractivity contribution in [1.82, 2.24) is 14.4 Å². The smallest absolute Gasteiger partial charge is 0.273 e. The van der Waals surface area contributed by atoms with Gasteiger partial charge in [0.05, 0.1) is 26.3 Å². The van der Waals surface area contributed by atoms with E-state index in [-0.39, 0.29) is 26.9 Å². The Morgan fingerprint density at radius 3 is 2.09 bits per heavy atom. The molecule has 1 amide bonds. The van der Waals surface area contributed by atoms with E-state index in [1.54, 1.807) is 29.2 Å². The molecule has 1 fully saturated rings. The van der Waals surface area contributed by atoms with Gasteiger partial charge in [-0.1, -0.05) is 114 Å². The average Bonchev–Trinajstić information content (AvgIpc) is 3.38. The first kappa shape index (κ1) is 31.5. The van der Waals surface area contributed by atoms with Gasteiger partial charge in [-0.3, -0.25) is 19.1 Å². The highest BCUT2D eigenvalue weighted by molar-refractivity contribution is 7.07. The van der Waals surface area contributed by atoms with Gasteiger partial charge in [-0.05, 0) is 47.9 Å². The van der Waals surface area contributed by atoms with Crippen LogP contribution in [0.1, 0.15) is 28.3 Å². The Labute approximate surface area is 281 Å². The van der Waals surface area contributed by atoms with E-state index in [0.717, 1.165) is 22.5 Å². The molecule has 0 radical (unpaired) electrons. The van der Waals surface area contributed by atoms with Gasteiger partial charge in [0.15, 0.2) is 5.57 Å². The highest BCUT2D eigenvalue weighted by Crippen LogP contribution is 2.30. The monoisotopic (exact) mass is 664 g/mol. The SMILES string of the molecule is Cc1cccc(/C=c2/s/c(=C(\C#N)C(=O)N3CCN(C(c4ccccc4)c4ccccc4)CC3)n(-c3ccc(Cl)c(Cl)c3)c2=O)c1. The van der Waals surface area contributed by atoms with E-state index in [0.29, 0.717) is 41.4 Å². The predicted octanol–water partition coefficient (Wildman–Crippen LogP) is 5.95. The van der Waals surface area contributed by atoms with Crippen molar-refractivity contribution in [3.8, 4) is 11.8 Å². The van der Waals surface area contributed by atoms with Crippen LogP contribution < -0.4 is 14.8 Å². The van der Waals surface area contributed by atoms with E-state index in [2.05, 4.69) is 35.2 Å². The molecule has 46 heavy (non-hydrogen) atoms. The number of nitriles is 1. The van der Waals surface area contributed by atoms with Gasteiger partial charge in [0, 0.05) is 26.2 Å². The van der Waals surface area contributed by atoms with Crippen LogP contribution in [0.3, 0.4) is 0 Å². The number of carbonyl (C=O) groups is 1. The molecule has 5 aromatic rings. The van der Waals surface area contributed by atoms with Crippen molar-refractivity contribution in [2.75, 3.05) is 26.2 Å². The maximum atomic E-state index is 14.1. The van der Waals surface area contributed by atoms with Crippen molar-refractivity contribution in [2.45, 2.75) is 13.0 Å². The highest BCUT2D eigenvalue weighted by atomic mass is 35.5. The molecule has 0 unspecified atom stereocenters. The van der Waals surface area contributed by atoms with Crippen molar-refractivity contribution < 1.29 is 4.79 Å². The summed E-state index contributed by atoms with van der Waals surface area (Å²) in [5.74, 6) is -0.407. The topological polar surface area (TPSA) is 69.3 Å². The first-order valence-electron chi connectivity index (χ1n) is 14.9. The van der Waals surface area contributed by atoms with Crippen LogP contribution >= 0.6 is 34.5 Å². The first-order chi connectivity index (χ1) is 22.3. The summed E-state index contributed by atoms with van der Waals surface area (Å²) in [6.07, 6.45) is 1.78. The third-order valence-corrected chi connectivity index (χ3v) is 9.89. The zero-order valence-corrected chi connectivity index (χ0v) is 27.4. The number of hydrogen-bond donors (Lipinski definition) is 0. The van der Waals surface area contributed by atoms with Crippen LogP contribution in [0.25, 0.3) is 17.3 Å². The van der Waals surface area contributed by atoms with Gasteiger partial charge in [0.25, 0.3) is 11.5 Å². The molecule has 0 bridgehead atoms.